The van der Waals surface area contributed by atoms with Crippen LogP contribution < -0.4 is 14.8 Å². The van der Waals surface area contributed by atoms with Gasteiger partial charge in [0, 0.05) is 24.6 Å². The summed E-state index contributed by atoms with van der Waals surface area (Å²) in [7, 11) is 1.55. The third-order valence-corrected chi connectivity index (χ3v) is 7.38. The molecular weight excluding hydrogens is 484 g/mol. The standard InChI is InChI=1S/C30H38N2O6/c1-3-37-29(34)9-12-31-28(33)20-38-27-18-25-23(17-26(27)36-2)16-24(30(25)35)15-21-10-13-32(14-11-21)19-22-7-5-4-6-8-22/h4-8,17-18,21,24H,3,9-16,19-20H2,1-2H3,(H,31,33). The summed E-state index contributed by atoms with van der Waals surface area (Å²) < 4.78 is 16.0. The smallest absolute Gasteiger partial charge is 0.307 e. The average molecular weight is 523 g/mol. The van der Waals surface area contributed by atoms with Crippen molar-refractivity contribution in [3.05, 3.63) is 59.2 Å². The van der Waals surface area contributed by atoms with Crippen molar-refractivity contribution >= 4 is 17.7 Å². The molecule has 1 amide bonds. The van der Waals surface area contributed by atoms with Gasteiger partial charge >= 0.3 is 5.97 Å². The molecule has 38 heavy (non-hydrogen) atoms. The summed E-state index contributed by atoms with van der Waals surface area (Å²) in [5.74, 6) is 0.821. The van der Waals surface area contributed by atoms with Crippen LogP contribution in [0.3, 0.4) is 0 Å². The van der Waals surface area contributed by atoms with Crippen molar-refractivity contribution < 1.29 is 28.6 Å². The number of benzene rings is 2. The Morgan fingerprint density at radius 3 is 2.55 bits per heavy atom. The third kappa shape index (κ3) is 7.34. The molecular formula is C30H38N2O6. The number of ketones is 1. The van der Waals surface area contributed by atoms with Gasteiger partial charge in [-0.15, -0.1) is 0 Å². The minimum atomic E-state index is -0.361. The topological polar surface area (TPSA) is 94.2 Å². The molecule has 1 N–H and O–H groups in total. The zero-order valence-corrected chi connectivity index (χ0v) is 22.4. The molecule has 4 rings (SSSR count). The number of hydrogen-bond acceptors (Lipinski definition) is 7. The van der Waals surface area contributed by atoms with Crippen molar-refractivity contribution in [1.29, 1.82) is 0 Å². The summed E-state index contributed by atoms with van der Waals surface area (Å²) >= 11 is 0. The number of amides is 1. The minimum Gasteiger partial charge on any atom is -0.493 e. The molecule has 8 nitrogen and oxygen atoms in total. The van der Waals surface area contributed by atoms with E-state index in [0.717, 1.165) is 44.5 Å². The van der Waals surface area contributed by atoms with Crippen LogP contribution in [0.4, 0.5) is 0 Å². The second kappa shape index (κ2) is 13.4. The molecule has 1 heterocycles. The highest BCUT2D eigenvalue weighted by Gasteiger charge is 2.34. The van der Waals surface area contributed by atoms with Gasteiger partial charge in [-0.1, -0.05) is 30.3 Å². The Labute approximate surface area is 224 Å². The summed E-state index contributed by atoms with van der Waals surface area (Å²) in [6.45, 7) is 5.07. The van der Waals surface area contributed by atoms with Crippen LogP contribution >= 0.6 is 0 Å². The molecule has 2 aromatic carbocycles. The molecule has 1 aliphatic carbocycles. The number of esters is 1. The second-order valence-corrected chi connectivity index (χ2v) is 10.1. The van der Waals surface area contributed by atoms with Gasteiger partial charge in [0.1, 0.15) is 0 Å². The van der Waals surface area contributed by atoms with Gasteiger partial charge in [0.05, 0.1) is 20.1 Å². The van der Waals surface area contributed by atoms with Crippen LogP contribution in [0.1, 0.15) is 54.1 Å². The normalized spacial score (nSPS) is 17.6. The monoisotopic (exact) mass is 522 g/mol. The Bertz CT molecular complexity index is 1110. The highest BCUT2D eigenvalue weighted by Crippen LogP contribution is 2.39. The van der Waals surface area contributed by atoms with Gasteiger partial charge in [-0.3, -0.25) is 19.3 Å². The summed E-state index contributed by atoms with van der Waals surface area (Å²) in [5.41, 5.74) is 2.98. The van der Waals surface area contributed by atoms with E-state index >= 15 is 0 Å². The molecule has 0 saturated carbocycles. The number of piperidine rings is 1. The van der Waals surface area contributed by atoms with Crippen LogP contribution in [-0.4, -0.2) is 62.5 Å². The predicted molar refractivity (Wildman–Crippen MR) is 143 cm³/mol. The molecule has 0 radical (unpaired) electrons. The molecule has 1 aliphatic heterocycles. The Kier molecular flexibility index (Phi) is 9.76. The van der Waals surface area contributed by atoms with Gasteiger partial charge in [0.2, 0.25) is 0 Å². The molecule has 1 saturated heterocycles. The molecule has 8 heteroatoms. The predicted octanol–water partition coefficient (Wildman–Crippen LogP) is 3.80. The third-order valence-electron chi connectivity index (χ3n) is 7.38. The molecule has 2 aromatic rings. The van der Waals surface area contributed by atoms with E-state index in [1.54, 1.807) is 20.1 Å². The number of Topliss-reactive ketones (excluding diaryl/α,β-unsaturated/α-hetero) is 1. The first kappa shape index (κ1) is 27.6. The van der Waals surface area contributed by atoms with Gasteiger partial charge in [-0.25, -0.2) is 0 Å². The lowest BCUT2D eigenvalue weighted by molar-refractivity contribution is -0.143. The fraction of sp³-hybridized carbons (Fsp3) is 0.500. The molecule has 0 bridgehead atoms. The number of hydrogen-bond donors (Lipinski definition) is 1. The maximum Gasteiger partial charge on any atom is 0.307 e. The van der Waals surface area contributed by atoms with Crippen LogP contribution in [-0.2, 0) is 27.3 Å². The first-order chi connectivity index (χ1) is 18.5. The van der Waals surface area contributed by atoms with Crippen LogP contribution in [0.2, 0.25) is 0 Å². The molecule has 0 spiro atoms. The van der Waals surface area contributed by atoms with E-state index in [9.17, 15) is 14.4 Å². The maximum absolute atomic E-state index is 13.3. The Morgan fingerprint density at radius 1 is 1.08 bits per heavy atom. The van der Waals surface area contributed by atoms with E-state index in [-0.39, 0.29) is 43.2 Å². The van der Waals surface area contributed by atoms with Crippen molar-refractivity contribution in [3.63, 3.8) is 0 Å². The molecule has 2 aliphatic rings. The van der Waals surface area contributed by atoms with E-state index in [2.05, 4.69) is 34.5 Å². The number of ether oxygens (including phenoxy) is 3. The fourth-order valence-electron chi connectivity index (χ4n) is 5.40. The summed E-state index contributed by atoms with van der Waals surface area (Å²) in [4.78, 5) is 39.4. The van der Waals surface area contributed by atoms with Gasteiger partial charge in [-0.2, -0.15) is 0 Å². The Hall–Kier alpha value is -3.39. The van der Waals surface area contributed by atoms with Gasteiger partial charge in [0.25, 0.3) is 5.91 Å². The lowest BCUT2D eigenvalue weighted by Gasteiger charge is -2.32. The average Bonchev–Trinajstić information content (AvgIpc) is 3.22. The molecule has 204 valence electrons. The summed E-state index contributed by atoms with van der Waals surface area (Å²) in [5, 5.41) is 2.63. The number of nitrogens with zero attached hydrogens (tertiary/aromatic N) is 1. The number of nitrogens with one attached hydrogen (secondary N) is 1. The van der Waals surface area contributed by atoms with E-state index in [1.807, 2.05) is 12.1 Å². The van der Waals surface area contributed by atoms with E-state index < -0.39 is 0 Å². The number of fused-ring (bicyclic) bond motifs is 1. The number of methoxy groups -OCH3 is 1. The Balaban J connectivity index is 1.27. The first-order valence-corrected chi connectivity index (χ1v) is 13.5. The largest absolute Gasteiger partial charge is 0.493 e. The molecule has 1 unspecified atom stereocenters. The van der Waals surface area contributed by atoms with Crippen molar-refractivity contribution in [1.82, 2.24) is 10.2 Å². The molecule has 1 atom stereocenters. The lowest BCUT2D eigenvalue weighted by Crippen LogP contribution is -2.34. The summed E-state index contributed by atoms with van der Waals surface area (Å²) in [6, 6.07) is 14.1. The van der Waals surface area contributed by atoms with Gasteiger partial charge < -0.3 is 19.5 Å². The number of likely N-dealkylation sites (tertiary alicyclic amines) is 1. The molecule has 0 aromatic heterocycles. The summed E-state index contributed by atoms with van der Waals surface area (Å²) in [6.07, 6.45) is 3.92. The number of carbonyl (C=O) groups is 3. The fourth-order valence-corrected chi connectivity index (χ4v) is 5.40. The van der Waals surface area contributed by atoms with Crippen molar-refractivity contribution in [2.24, 2.45) is 11.8 Å². The lowest BCUT2D eigenvalue weighted by atomic mass is 9.85. The number of rotatable bonds is 12. The zero-order chi connectivity index (χ0) is 26.9. The van der Waals surface area contributed by atoms with Crippen molar-refractivity contribution in [3.8, 4) is 11.5 Å². The van der Waals surface area contributed by atoms with E-state index in [0.29, 0.717) is 36.0 Å². The first-order valence-electron chi connectivity index (χ1n) is 13.5. The van der Waals surface area contributed by atoms with Crippen molar-refractivity contribution in [2.45, 2.75) is 45.6 Å². The molecule has 1 fully saturated rings. The minimum absolute atomic E-state index is 0.0261. The van der Waals surface area contributed by atoms with E-state index in [1.165, 1.54) is 5.56 Å². The van der Waals surface area contributed by atoms with Crippen LogP contribution in [0.25, 0.3) is 0 Å². The van der Waals surface area contributed by atoms with Gasteiger partial charge in [0.15, 0.2) is 23.9 Å². The van der Waals surface area contributed by atoms with Crippen molar-refractivity contribution in [2.75, 3.05) is 40.0 Å². The maximum atomic E-state index is 13.3. The second-order valence-electron chi connectivity index (χ2n) is 10.1. The van der Waals surface area contributed by atoms with E-state index in [4.69, 9.17) is 14.2 Å². The highest BCUT2D eigenvalue weighted by molar-refractivity contribution is 6.03. The Morgan fingerprint density at radius 2 is 1.84 bits per heavy atom. The highest BCUT2D eigenvalue weighted by atomic mass is 16.5. The zero-order valence-electron chi connectivity index (χ0n) is 22.4. The van der Waals surface area contributed by atoms with Crippen LogP contribution in [0, 0.1) is 11.8 Å². The van der Waals surface area contributed by atoms with Crippen LogP contribution in [0.5, 0.6) is 11.5 Å². The quantitative estimate of drug-likeness (QED) is 0.424. The van der Waals surface area contributed by atoms with Gasteiger partial charge in [-0.05, 0) is 74.9 Å². The SMILES string of the molecule is CCOC(=O)CCNC(=O)COc1cc2c(cc1OC)CC(CC1CCN(Cc3ccccc3)CC1)C2=O. The number of carbonyl (C=O) groups excluding carboxylic acids is 3. The van der Waals surface area contributed by atoms with Crippen LogP contribution in [0.15, 0.2) is 42.5 Å².